The first kappa shape index (κ1) is 25.5. The predicted octanol–water partition coefficient (Wildman–Crippen LogP) is 4.12. The number of hydrogen-bond acceptors (Lipinski definition) is 4. The zero-order valence-electron chi connectivity index (χ0n) is 20.5. The Morgan fingerprint density at radius 3 is 2.47 bits per heavy atom. The molecule has 2 aromatic rings. The zero-order chi connectivity index (χ0) is 25.2. The third kappa shape index (κ3) is 5.42. The lowest BCUT2D eigenvalue weighted by Crippen LogP contribution is -2.56. The average molecular weight is 530 g/mol. The summed E-state index contributed by atoms with van der Waals surface area (Å²) in [6.07, 6.45) is 5.04. The highest BCUT2D eigenvalue weighted by atomic mass is 35.5. The number of nitrogens with two attached hydrogens (primary N) is 1. The maximum Gasteiger partial charge on any atom is 0.245 e. The molecule has 6 nitrogen and oxygen atoms in total. The van der Waals surface area contributed by atoms with Crippen LogP contribution in [0.5, 0.6) is 0 Å². The number of piperidine rings is 1. The van der Waals surface area contributed by atoms with Crippen LogP contribution in [0.3, 0.4) is 0 Å². The Morgan fingerprint density at radius 1 is 0.889 bits per heavy atom. The van der Waals surface area contributed by atoms with Crippen LogP contribution in [0.2, 0.25) is 10.0 Å². The van der Waals surface area contributed by atoms with Crippen molar-refractivity contribution in [1.29, 1.82) is 0 Å². The van der Waals surface area contributed by atoms with Crippen LogP contribution >= 0.6 is 23.2 Å². The molecule has 8 heteroatoms. The molecule has 0 aromatic heterocycles. The number of aryl methyl sites for hydroxylation is 1. The highest BCUT2D eigenvalue weighted by Gasteiger charge is 2.46. The summed E-state index contributed by atoms with van der Waals surface area (Å²) in [4.78, 5) is 33.5. The smallest absolute Gasteiger partial charge is 0.245 e. The fourth-order valence-corrected chi connectivity index (χ4v) is 6.44. The van der Waals surface area contributed by atoms with Gasteiger partial charge >= 0.3 is 0 Å². The molecule has 2 amide bonds. The molecule has 192 valence electrons. The van der Waals surface area contributed by atoms with Crippen LogP contribution in [-0.2, 0) is 22.6 Å². The van der Waals surface area contributed by atoms with E-state index in [0.717, 1.165) is 37.8 Å². The molecule has 0 aliphatic carbocycles. The molecule has 3 aliphatic heterocycles. The van der Waals surface area contributed by atoms with Crippen LogP contribution in [0.1, 0.15) is 43.2 Å². The Balaban J connectivity index is 1.31. The molecule has 2 aromatic carbocycles. The maximum absolute atomic E-state index is 13.8. The molecule has 0 radical (unpaired) electrons. The zero-order valence-corrected chi connectivity index (χ0v) is 22.0. The number of likely N-dealkylation sites (tertiary alicyclic amines) is 1. The first-order valence-corrected chi connectivity index (χ1v) is 13.7. The Morgan fingerprint density at radius 2 is 1.69 bits per heavy atom. The number of carbonyl (C=O) groups excluding carboxylic acids is 2. The SMILES string of the molecule is N[C@@H]1C[C@H]2C(=O)N([C@@H]3CCCN(Cc4ccc(Cl)c(Cl)c4)C3=O)CCC(CCc3ccccc3)N2C1. The molecule has 1 unspecified atom stereocenters. The van der Waals surface area contributed by atoms with E-state index in [1.165, 1.54) is 5.56 Å². The van der Waals surface area contributed by atoms with Gasteiger partial charge in [-0.15, -0.1) is 0 Å². The van der Waals surface area contributed by atoms with Crippen molar-refractivity contribution >= 4 is 35.0 Å². The van der Waals surface area contributed by atoms with Gasteiger partial charge in [0.05, 0.1) is 16.1 Å². The number of nitrogens with zero attached hydrogens (tertiary/aromatic N) is 3. The number of amides is 2. The molecule has 0 spiro atoms. The summed E-state index contributed by atoms with van der Waals surface area (Å²) < 4.78 is 0. The molecular weight excluding hydrogens is 495 g/mol. The van der Waals surface area contributed by atoms with E-state index in [1.54, 1.807) is 6.07 Å². The third-order valence-electron chi connectivity index (χ3n) is 7.96. The van der Waals surface area contributed by atoms with Gasteiger partial charge in [0.25, 0.3) is 0 Å². The van der Waals surface area contributed by atoms with E-state index >= 15 is 0 Å². The van der Waals surface area contributed by atoms with Crippen molar-refractivity contribution in [2.45, 2.75) is 69.2 Å². The maximum atomic E-state index is 13.8. The topological polar surface area (TPSA) is 69.9 Å². The van der Waals surface area contributed by atoms with Gasteiger partial charge in [0.15, 0.2) is 0 Å². The minimum Gasteiger partial charge on any atom is -0.337 e. The van der Waals surface area contributed by atoms with E-state index < -0.39 is 6.04 Å². The molecule has 0 bridgehead atoms. The van der Waals surface area contributed by atoms with Gasteiger partial charge in [-0.2, -0.15) is 0 Å². The van der Waals surface area contributed by atoms with Crippen molar-refractivity contribution in [3.63, 3.8) is 0 Å². The molecule has 36 heavy (non-hydrogen) atoms. The van der Waals surface area contributed by atoms with Crippen LogP contribution in [0.15, 0.2) is 48.5 Å². The first-order chi connectivity index (χ1) is 17.4. The summed E-state index contributed by atoms with van der Waals surface area (Å²) in [5, 5.41) is 0.983. The fraction of sp³-hybridized carbons (Fsp3) is 0.500. The number of fused-ring (bicyclic) bond motifs is 1. The van der Waals surface area contributed by atoms with Crippen molar-refractivity contribution in [3.05, 3.63) is 69.7 Å². The van der Waals surface area contributed by atoms with Gasteiger partial charge in [-0.05, 0) is 61.8 Å². The molecule has 3 aliphatic rings. The molecule has 5 rings (SSSR count). The van der Waals surface area contributed by atoms with Crippen LogP contribution in [0, 0.1) is 0 Å². The Bertz CT molecular complexity index is 1100. The number of hydrogen-bond donors (Lipinski definition) is 1. The molecular formula is C28H34Cl2N4O2. The lowest BCUT2D eigenvalue weighted by molar-refractivity contribution is -0.150. The monoisotopic (exact) mass is 528 g/mol. The van der Waals surface area contributed by atoms with Gasteiger partial charge in [-0.3, -0.25) is 14.5 Å². The summed E-state index contributed by atoms with van der Waals surface area (Å²) in [5.74, 6) is 0.0946. The van der Waals surface area contributed by atoms with E-state index in [1.807, 2.05) is 28.0 Å². The molecule has 4 atom stereocenters. The van der Waals surface area contributed by atoms with Crippen molar-refractivity contribution < 1.29 is 9.59 Å². The molecule has 3 heterocycles. The first-order valence-electron chi connectivity index (χ1n) is 13.0. The lowest BCUT2D eigenvalue weighted by atomic mass is 10.00. The minimum atomic E-state index is -0.416. The van der Waals surface area contributed by atoms with Crippen LogP contribution in [-0.4, -0.2) is 70.3 Å². The molecule has 3 fully saturated rings. The quantitative estimate of drug-likeness (QED) is 0.612. The van der Waals surface area contributed by atoms with E-state index in [4.69, 9.17) is 28.9 Å². The number of carbonyl (C=O) groups is 2. The Kier molecular flexibility index (Phi) is 7.87. The Hall–Kier alpha value is -2.12. The minimum absolute atomic E-state index is 0.00802. The van der Waals surface area contributed by atoms with Crippen molar-refractivity contribution in [1.82, 2.24) is 14.7 Å². The van der Waals surface area contributed by atoms with Crippen molar-refractivity contribution in [2.75, 3.05) is 19.6 Å². The van der Waals surface area contributed by atoms with Crippen molar-refractivity contribution in [2.24, 2.45) is 5.73 Å². The largest absolute Gasteiger partial charge is 0.337 e. The Labute approximate surface area is 223 Å². The standard InChI is InChI=1S/C28H34Cl2N4O2/c29-23-11-9-20(15-24(23)30)17-32-13-4-7-25(27(32)35)33-14-12-22(10-8-19-5-2-1-3-6-19)34-18-21(31)16-26(34)28(33)36/h1-3,5-6,9,11,15,21-22,25-26H,4,7-8,10,12-14,16-18,31H2/t21-,22?,25-,26+/m1/s1. The molecule has 2 N–H and O–H groups in total. The molecule has 3 saturated heterocycles. The summed E-state index contributed by atoms with van der Waals surface area (Å²) >= 11 is 12.3. The van der Waals surface area contributed by atoms with Gasteiger partial charge in [0.1, 0.15) is 6.04 Å². The second kappa shape index (κ2) is 11.1. The van der Waals surface area contributed by atoms with Crippen LogP contribution in [0.4, 0.5) is 0 Å². The van der Waals surface area contributed by atoms with E-state index in [2.05, 4.69) is 29.2 Å². The number of halogens is 2. The summed E-state index contributed by atoms with van der Waals surface area (Å²) in [6, 6.07) is 15.6. The van der Waals surface area contributed by atoms with Gasteiger partial charge in [0.2, 0.25) is 11.8 Å². The van der Waals surface area contributed by atoms with Gasteiger partial charge < -0.3 is 15.5 Å². The van der Waals surface area contributed by atoms with Gasteiger partial charge in [0, 0.05) is 38.3 Å². The average Bonchev–Trinajstić information content (AvgIpc) is 3.22. The normalized spacial score (nSPS) is 27.3. The number of benzene rings is 2. The second-order valence-corrected chi connectivity index (χ2v) is 11.2. The second-order valence-electron chi connectivity index (χ2n) is 10.4. The number of rotatable bonds is 6. The van der Waals surface area contributed by atoms with Gasteiger partial charge in [-0.1, -0.05) is 59.6 Å². The lowest BCUT2D eigenvalue weighted by Gasteiger charge is -2.39. The highest BCUT2D eigenvalue weighted by Crippen LogP contribution is 2.32. The van der Waals surface area contributed by atoms with E-state index in [0.29, 0.717) is 42.5 Å². The van der Waals surface area contributed by atoms with Crippen molar-refractivity contribution in [3.8, 4) is 0 Å². The van der Waals surface area contributed by atoms with Gasteiger partial charge in [-0.25, -0.2) is 0 Å². The summed E-state index contributed by atoms with van der Waals surface area (Å²) in [5.41, 5.74) is 8.60. The molecule has 0 saturated carbocycles. The van der Waals surface area contributed by atoms with E-state index in [9.17, 15) is 9.59 Å². The van der Waals surface area contributed by atoms with Crippen LogP contribution < -0.4 is 5.73 Å². The predicted molar refractivity (Wildman–Crippen MR) is 143 cm³/mol. The third-order valence-corrected chi connectivity index (χ3v) is 8.70. The highest BCUT2D eigenvalue weighted by molar-refractivity contribution is 6.42. The summed E-state index contributed by atoms with van der Waals surface area (Å²) in [6.45, 7) is 2.50. The van der Waals surface area contributed by atoms with Crippen LogP contribution in [0.25, 0.3) is 0 Å². The fourth-order valence-electron chi connectivity index (χ4n) is 6.12. The summed E-state index contributed by atoms with van der Waals surface area (Å²) in [7, 11) is 0. The van der Waals surface area contributed by atoms with E-state index in [-0.39, 0.29) is 29.9 Å².